The molecule has 0 aliphatic carbocycles. The molecule has 1 aromatic heterocycles. The topological polar surface area (TPSA) is 71.1 Å². The fraction of sp³-hybridized carbons (Fsp3) is 0. The molecule has 1 heterocycles. The lowest BCUT2D eigenvalue weighted by molar-refractivity contribution is 0.101. The smallest absolute Gasteiger partial charge is 0.274 e. The highest BCUT2D eigenvalue weighted by molar-refractivity contribution is 6.33. The zero-order valence-electron chi connectivity index (χ0n) is 13.4. The van der Waals surface area contributed by atoms with E-state index in [-0.39, 0.29) is 11.4 Å². The standard InChI is InChI=1S/C19H13ClFN3O2/c20-14-7-1-2-8-15(14)24-19(26)17-10-4-9-16(23-17)18(25)22-13-6-3-5-12(21)11-13/h1-11H,(H,22,25)(H,24,26). The van der Waals surface area contributed by atoms with Gasteiger partial charge in [0.25, 0.3) is 11.8 Å². The van der Waals surface area contributed by atoms with Gasteiger partial charge in [0.05, 0.1) is 10.7 Å². The first kappa shape index (κ1) is 17.6. The van der Waals surface area contributed by atoms with Gasteiger partial charge in [-0.25, -0.2) is 9.37 Å². The minimum Gasteiger partial charge on any atom is -0.321 e. The molecule has 0 spiro atoms. The lowest BCUT2D eigenvalue weighted by Gasteiger charge is -2.08. The van der Waals surface area contributed by atoms with Gasteiger partial charge in [-0.2, -0.15) is 0 Å². The average molecular weight is 370 g/mol. The van der Waals surface area contributed by atoms with Crippen molar-refractivity contribution in [2.75, 3.05) is 10.6 Å². The number of amides is 2. The number of carbonyl (C=O) groups excluding carboxylic acids is 2. The Labute approximate surface area is 153 Å². The Bertz CT molecular complexity index is 978. The quantitative estimate of drug-likeness (QED) is 0.717. The first-order valence-electron chi connectivity index (χ1n) is 7.63. The van der Waals surface area contributed by atoms with Crippen LogP contribution in [0.2, 0.25) is 5.02 Å². The van der Waals surface area contributed by atoms with Crippen molar-refractivity contribution >= 4 is 34.8 Å². The number of hydrogen-bond donors (Lipinski definition) is 2. The summed E-state index contributed by atoms with van der Waals surface area (Å²) in [5, 5.41) is 5.55. The van der Waals surface area contributed by atoms with Gasteiger partial charge < -0.3 is 10.6 Å². The number of nitrogens with one attached hydrogen (secondary N) is 2. The zero-order valence-corrected chi connectivity index (χ0v) is 14.1. The summed E-state index contributed by atoms with van der Waals surface area (Å²) in [5.41, 5.74) is 0.816. The maximum absolute atomic E-state index is 13.2. The molecule has 0 fully saturated rings. The van der Waals surface area contributed by atoms with Crippen molar-refractivity contribution in [1.82, 2.24) is 4.98 Å². The van der Waals surface area contributed by atoms with Crippen LogP contribution in [0, 0.1) is 5.82 Å². The number of carbonyl (C=O) groups is 2. The van der Waals surface area contributed by atoms with Crippen molar-refractivity contribution in [3.63, 3.8) is 0 Å². The van der Waals surface area contributed by atoms with Gasteiger partial charge in [0.2, 0.25) is 0 Å². The van der Waals surface area contributed by atoms with Crippen LogP contribution in [0.4, 0.5) is 15.8 Å². The third kappa shape index (κ3) is 4.23. The first-order valence-corrected chi connectivity index (χ1v) is 8.00. The van der Waals surface area contributed by atoms with E-state index in [1.54, 1.807) is 30.3 Å². The number of nitrogens with zero attached hydrogens (tertiary/aromatic N) is 1. The highest BCUT2D eigenvalue weighted by Gasteiger charge is 2.14. The van der Waals surface area contributed by atoms with Crippen LogP contribution < -0.4 is 10.6 Å². The summed E-state index contributed by atoms with van der Waals surface area (Å²) in [4.78, 5) is 28.7. The number of para-hydroxylation sites is 1. The van der Waals surface area contributed by atoms with Crippen molar-refractivity contribution in [2.45, 2.75) is 0 Å². The van der Waals surface area contributed by atoms with E-state index in [9.17, 15) is 14.0 Å². The molecule has 0 unspecified atom stereocenters. The minimum absolute atomic E-state index is 0.0288. The van der Waals surface area contributed by atoms with Gasteiger partial charge in [-0.1, -0.05) is 35.9 Å². The molecule has 0 aliphatic heterocycles. The highest BCUT2D eigenvalue weighted by Crippen LogP contribution is 2.21. The van der Waals surface area contributed by atoms with Crippen LogP contribution in [-0.4, -0.2) is 16.8 Å². The number of hydrogen-bond acceptors (Lipinski definition) is 3. The van der Waals surface area contributed by atoms with E-state index < -0.39 is 17.6 Å². The van der Waals surface area contributed by atoms with Gasteiger partial charge in [0, 0.05) is 5.69 Å². The molecule has 2 N–H and O–H groups in total. The van der Waals surface area contributed by atoms with E-state index in [1.165, 1.54) is 36.4 Å². The maximum Gasteiger partial charge on any atom is 0.274 e. The van der Waals surface area contributed by atoms with Gasteiger partial charge in [-0.05, 0) is 42.5 Å². The fourth-order valence-corrected chi connectivity index (χ4v) is 2.38. The maximum atomic E-state index is 13.2. The molecular formula is C19H13ClFN3O2. The highest BCUT2D eigenvalue weighted by atomic mass is 35.5. The molecule has 26 heavy (non-hydrogen) atoms. The lowest BCUT2D eigenvalue weighted by Crippen LogP contribution is -2.18. The Hall–Kier alpha value is -3.25. The summed E-state index contributed by atoms with van der Waals surface area (Å²) in [6, 6.07) is 16.7. The van der Waals surface area contributed by atoms with Gasteiger partial charge >= 0.3 is 0 Å². The molecule has 3 aromatic rings. The van der Waals surface area contributed by atoms with Gasteiger partial charge in [0.15, 0.2) is 0 Å². The normalized spacial score (nSPS) is 10.2. The van der Waals surface area contributed by atoms with Gasteiger partial charge in [0.1, 0.15) is 17.2 Å². The van der Waals surface area contributed by atoms with E-state index in [0.717, 1.165) is 0 Å². The molecule has 130 valence electrons. The number of aromatic nitrogens is 1. The van der Waals surface area contributed by atoms with Crippen molar-refractivity contribution in [3.05, 3.63) is 89.0 Å². The van der Waals surface area contributed by atoms with E-state index in [4.69, 9.17) is 11.6 Å². The Morgan fingerprint density at radius 1 is 0.846 bits per heavy atom. The monoisotopic (exact) mass is 369 g/mol. The number of pyridine rings is 1. The molecule has 0 bridgehead atoms. The van der Waals surface area contributed by atoms with Crippen LogP contribution in [0.15, 0.2) is 66.7 Å². The third-order valence-corrected chi connectivity index (χ3v) is 3.75. The summed E-state index contributed by atoms with van der Waals surface area (Å²) < 4.78 is 13.2. The van der Waals surface area contributed by atoms with Crippen LogP contribution in [0.1, 0.15) is 21.0 Å². The second-order valence-corrected chi connectivity index (χ2v) is 5.71. The van der Waals surface area contributed by atoms with Crippen molar-refractivity contribution in [1.29, 1.82) is 0 Å². The number of anilines is 2. The molecule has 7 heteroatoms. The summed E-state index contributed by atoms with van der Waals surface area (Å²) >= 11 is 6.01. The molecule has 5 nitrogen and oxygen atoms in total. The zero-order chi connectivity index (χ0) is 18.5. The van der Waals surface area contributed by atoms with E-state index in [0.29, 0.717) is 16.4 Å². The van der Waals surface area contributed by atoms with Gasteiger partial charge in [-0.15, -0.1) is 0 Å². The largest absolute Gasteiger partial charge is 0.321 e. The van der Waals surface area contributed by atoms with E-state index in [1.807, 2.05) is 0 Å². The van der Waals surface area contributed by atoms with Crippen LogP contribution >= 0.6 is 11.6 Å². The Kier molecular flexibility index (Phi) is 5.24. The molecule has 0 radical (unpaired) electrons. The second-order valence-electron chi connectivity index (χ2n) is 5.31. The summed E-state index contributed by atoms with van der Waals surface area (Å²) in [6.07, 6.45) is 0. The molecule has 0 aliphatic rings. The van der Waals surface area contributed by atoms with E-state index in [2.05, 4.69) is 15.6 Å². The fourth-order valence-electron chi connectivity index (χ4n) is 2.20. The number of halogens is 2. The average Bonchev–Trinajstić information content (AvgIpc) is 2.63. The summed E-state index contributed by atoms with van der Waals surface area (Å²) in [7, 11) is 0. The molecule has 0 saturated carbocycles. The SMILES string of the molecule is O=C(Nc1cccc(F)c1)c1cccc(C(=O)Nc2ccccc2Cl)n1. The Morgan fingerprint density at radius 2 is 1.50 bits per heavy atom. The summed E-state index contributed by atoms with van der Waals surface area (Å²) in [5.74, 6) is -1.52. The minimum atomic E-state index is -0.553. The Morgan fingerprint density at radius 3 is 2.19 bits per heavy atom. The number of rotatable bonds is 4. The molecule has 2 amide bonds. The van der Waals surface area contributed by atoms with Crippen LogP contribution in [0.3, 0.4) is 0 Å². The molecule has 2 aromatic carbocycles. The predicted molar refractivity (Wildman–Crippen MR) is 98.0 cm³/mol. The van der Waals surface area contributed by atoms with Crippen LogP contribution in [-0.2, 0) is 0 Å². The molecule has 0 saturated heterocycles. The van der Waals surface area contributed by atoms with Crippen molar-refractivity contribution < 1.29 is 14.0 Å². The Balaban J connectivity index is 1.76. The number of benzene rings is 2. The van der Waals surface area contributed by atoms with Crippen molar-refractivity contribution in [2.24, 2.45) is 0 Å². The third-order valence-electron chi connectivity index (χ3n) is 3.42. The van der Waals surface area contributed by atoms with Crippen LogP contribution in [0.5, 0.6) is 0 Å². The first-order chi connectivity index (χ1) is 12.5. The van der Waals surface area contributed by atoms with E-state index >= 15 is 0 Å². The molecular weight excluding hydrogens is 357 g/mol. The second kappa shape index (κ2) is 7.76. The van der Waals surface area contributed by atoms with Crippen molar-refractivity contribution in [3.8, 4) is 0 Å². The predicted octanol–water partition coefficient (Wildman–Crippen LogP) is 4.38. The summed E-state index contributed by atoms with van der Waals surface area (Å²) in [6.45, 7) is 0. The molecule has 0 atom stereocenters. The lowest BCUT2D eigenvalue weighted by atomic mass is 10.2. The van der Waals surface area contributed by atoms with Crippen LogP contribution in [0.25, 0.3) is 0 Å². The molecule has 3 rings (SSSR count). The van der Waals surface area contributed by atoms with Gasteiger partial charge in [-0.3, -0.25) is 9.59 Å².